The van der Waals surface area contributed by atoms with Crippen molar-refractivity contribution in [2.45, 2.75) is 13.3 Å². The standard InChI is InChI=1S/C11H10ClN3O3/c1-2-3-4-5-13-11(16)8-6-10(12)14-7-9(8)15(17)18/h6-7H,4-5H2,1H3,(H,13,16). The first-order valence-electron chi connectivity index (χ1n) is 5.04. The number of hydrogen-bond acceptors (Lipinski definition) is 4. The zero-order valence-electron chi connectivity index (χ0n) is 9.57. The maximum Gasteiger partial charge on any atom is 0.300 e. The van der Waals surface area contributed by atoms with Gasteiger partial charge in [0.05, 0.1) is 4.92 Å². The molecule has 0 aliphatic carbocycles. The monoisotopic (exact) mass is 267 g/mol. The van der Waals surface area contributed by atoms with Crippen LogP contribution in [0.25, 0.3) is 0 Å². The van der Waals surface area contributed by atoms with Crippen LogP contribution < -0.4 is 5.32 Å². The van der Waals surface area contributed by atoms with Crippen molar-refractivity contribution in [1.29, 1.82) is 0 Å². The highest BCUT2D eigenvalue weighted by Gasteiger charge is 2.20. The Morgan fingerprint density at radius 1 is 1.67 bits per heavy atom. The molecule has 6 nitrogen and oxygen atoms in total. The van der Waals surface area contributed by atoms with Gasteiger partial charge in [-0.25, -0.2) is 4.98 Å². The zero-order valence-corrected chi connectivity index (χ0v) is 10.3. The maximum atomic E-state index is 11.7. The average Bonchev–Trinajstić information content (AvgIpc) is 2.34. The summed E-state index contributed by atoms with van der Waals surface area (Å²) in [6.45, 7) is 2.01. The first-order valence-corrected chi connectivity index (χ1v) is 5.41. The summed E-state index contributed by atoms with van der Waals surface area (Å²) < 4.78 is 0. The second-order valence-corrected chi connectivity index (χ2v) is 3.60. The molecule has 0 radical (unpaired) electrons. The second kappa shape index (κ2) is 6.57. The Morgan fingerprint density at radius 3 is 3.00 bits per heavy atom. The molecule has 0 aromatic carbocycles. The number of amides is 1. The lowest BCUT2D eigenvalue weighted by atomic mass is 10.2. The lowest BCUT2D eigenvalue weighted by molar-refractivity contribution is -0.385. The van der Waals surface area contributed by atoms with Crippen molar-refractivity contribution >= 4 is 23.2 Å². The number of rotatable bonds is 4. The average molecular weight is 268 g/mol. The lowest BCUT2D eigenvalue weighted by Crippen LogP contribution is -2.25. The molecule has 0 saturated carbocycles. The Balaban J connectivity index is 2.85. The van der Waals surface area contributed by atoms with E-state index in [-0.39, 0.29) is 16.4 Å². The first-order chi connectivity index (χ1) is 8.56. The van der Waals surface area contributed by atoms with E-state index in [1.54, 1.807) is 6.92 Å². The number of carbonyl (C=O) groups excluding carboxylic acids is 1. The summed E-state index contributed by atoms with van der Waals surface area (Å²) in [6, 6.07) is 1.17. The van der Waals surface area contributed by atoms with Crippen LogP contribution in [0, 0.1) is 22.0 Å². The van der Waals surface area contributed by atoms with Gasteiger partial charge in [-0.15, -0.1) is 11.8 Å². The van der Waals surface area contributed by atoms with E-state index in [9.17, 15) is 14.9 Å². The Hall–Kier alpha value is -2.13. The van der Waals surface area contributed by atoms with Crippen molar-refractivity contribution in [1.82, 2.24) is 10.3 Å². The quantitative estimate of drug-likeness (QED) is 0.296. The molecule has 1 N–H and O–H groups in total. The van der Waals surface area contributed by atoms with Crippen molar-refractivity contribution in [2.24, 2.45) is 0 Å². The molecule has 0 bridgehead atoms. The van der Waals surface area contributed by atoms with Crippen LogP contribution in [0.4, 0.5) is 5.69 Å². The van der Waals surface area contributed by atoms with Gasteiger partial charge in [-0.1, -0.05) is 11.6 Å². The molecule has 1 aromatic heterocycles. The maximum absolute atomic E-state index is 11.7. The van der Waals surface area contributed by atoms with E-state index in [1.807, 2.05) is 0 Å². The normalized spacial score (nSPS) is 9.22. The van der Waals surface area contributed by atoms with E-state index in [0.717, 1.165) is 6.20 Å². The fourth-order valence-electron chi connectivity index (χ4n) is 1.21. The SMILES string of the molecule is CC#CCCNC(=O)c1cc(Cl)ncc1[N+](=O)[O-]. The van der Waals surface area contributed by atoms with Gasteiger partial charge in [-0.2, -0.15) is 0 Å². The Labute approximate surface area is 109 Å². The highest BCUT2D eigenvalue weighted by molar-refractivity contribution is 6.29. The van der Waals surface area contributed by atoms with E-state index in [1.165, 1.54) is 6.07 Å². The van der Waals surface area contributed by atoms with Crippen LogP contribution in [0.2, 0.25) is 5.15 Å². The summed E-state index contributed by atoms with van der Waals surface area (Å²) in [4.78, 5) is 25.4. The minimum atomic E-state index is -0.676. The molecule has 0 unspecified atom stereocenters. The topological polar surface area (TPSA) is 85.1 Å². The predicted molar refractivity (Wildman–Crippen MR) is 66.3 cm³/mol. The highest BCUT2D eigenvalue weighted by atomic mass is 35.5. The van der Waals surface area contributed by atoms with Crippen molar-refractivity contribution in [3.05, 3.63) is 33.1 Å². The molecule has 0 saturated heterocycles. The van der Waals surface area contributed by atoms with Gasteiger partial charge < -0.3 is 5.32 Å². The predicted octanol–water partition coefficient (Wildman–Crippen LogP) is 1.79. The number of halogens is 1. The molecule has 18 heavy (non-hydrogen) atoms. The molecule has 0 spiro atoms. The van der Waals surface area contributed by atoms with E-state index in [2.05, 4.69) is 22.1 Å². The molecule has 1 amide bonds. The Kier molecular flexibility index (Phi) is 5.08. The van der Waals surface area contributed by atoms with Gasteiger partial charge in [0.2, 0.25) is 0 Å². The molecular formula is C11H10ClN3O3. The van der Waals surface area contributed by atoms with Crippen molar-refractivity contribution in [3.63, 3.8) is 0 Å². The number of nitrogens with one attached hydrogen (secondary N) is 1. The third-order valence-electron chi connectivity index (χ3n) is 2.00. The summed E-state index contributed by atoms with van der Waals surface area (Å²) >= 11 is 5.61. The molecule has 1 aromatic rings. The van der Waals surface area contributed by atoms with Crippen molar-refractivity contribution < 1.29 is 9.72 Å². The summed E-state index contributed by atoms with van der Waals surface area (Å²) in [5.41, 5.74) is -0.483. The lowest BCUT2D eigenvalue weighted by Gasteiger charge is -2.04. The molecule has 0 aliphatic heterocycles. The third-order valence-corrected chi connectivity index (χ3v) is 2.21. The van der Waals surface area contributed by atoms with Crippen LogP contribution in [0.5, 0.6) is 0 Å². The molecular weight excluding hydrogens is 258 g/mol. The van der Waals surface area contributed by atoms with Crippen LogP contribution >= 0.6 is 11.6 Å². The smallest absolute Gasteiger partial charge is 0.300 e. The minimum absolute atomic E-state index is 0.0269. The number of nitro groups is 1. The van der Waals surface area contributed by atoms with Gasteiger partial charge in [0.15, 0.2) is 0 Å². The van der Waals surface area contributed by atoms with Crippen molar-refractivity contribution in [2.75, 3.05) is 6.54 Å². The number of nitrogens with zero attached hydrogens (tertiary/aromatic N) is 2. The fourth-order valence-corrected chi connectivity index (χ4v) is 1.37. The molecule has 0 aliphatic rings. The molecule has 1 rings (SSSR count). The number of aromatic nitrogens is 1. The van der Waals surface area contributed by atoms with Gasteiger partial charge in [-0.05, 0) is 13.0 Å². The molecule has 0 fully saturated rings. The van der Waals surface area contributed by atoms with Crippen LogP contribution in [0.1, 0.15) is 23.7 Å². The van der Waals surface area contributed by atoms with E-state index in [0.29, 0.717) is 13.0 Å². The van der Waals surface area contributed by atoms with Crippen LogP contribution in [0.3, 0.4) is 0 Å². The first kappa shape index (κ1) is 13.9. The van der Waals surface area contributed by atoms with Gasteiger partial charge >= 0.3 is 0 Å². The van der Waals surface area contributed by atoms with Gasteiger partial charge in [-0.3, -0.25) is 14.9 Å². The van der Waals surface area contributed by atoms with Gasteiger partial charge in [0, 0.05) is 13.0 Å². The number of pyridine rings is 1. The Bertz CT molecular complexity index is 534. The van der Waals surface area contributed by atoms with Crippen LogP contribution in [-0.4, -0.2) is 22.4 Å². The summed E-state index contributed by atoms with van der Waals surface area (Å²) in [6.07, 6.45) is 1.44. The van der Waals surface area contributed by atoms with Crippen molar-refractivity contribution in [3.8, 4) is 11.8 Å². The molecule has 0 atom stereocenters. The van der Waals surface area contributed by atoms with E-state index in [4.69, 9.17) is 11.6 Å². The second-order valence-electron chi connectivity index (χ2n) is 3.21. The zero-order chi connectivity index (χ0) is 13.5. The van der Waals surface area contributed by atoms with Gasteiger partial charge in [0.1, 0.15) is 16.9 Å². The Morgan fingerprint density at radius 2 is 2.39 bits per heavy atom. The summed E-state index contributed by atoms with van der Waals surface area (Å²) in [7, 11) is 0. The van der Waals surface area contributed by atoms with Crippen LogP contribution in [-0.2, 0) is 0 Å². The van der Waals surface area contributed by atoms with E-state index >= 15 is 0 Å². The van der Waals surface area contributed by atoms with Gasteiger partial charge in [0.25, 0.3) is 11.6 Å². The number of hydrogen-bond donors (Lipinski definition) is 1. The largest absolute Gasteiger partial charge is 0.351 e. The molecule has 94 valence electrons. The van der Waals surface area contributed by atoms with Crippen LogP contribution in [0.15, 0.2) is 12.3 Å². The molecule has 1 heterocycles. The summed E-state index contributed by atoms with van der Waals surface area (Å²) in [5.74, 6) is 4.88. The van der Waals surface area contributed by atoms with E-state index < -0.39 is 10.8 Å². The highest BCUT2D eigenvalue weighted by Crippen LogP contribution is 2.19. The summed E-state index contributed by atoms with van der Waals surface area (Å²) in [5, 5.41) is 13.3. The minimum Gasteiger partial charge on any atom is -0.351 e. The fraction of sp³-hybridized carbons (Fsp3) is 0.273. The number of carbonyl (C=O) groups is 1. The molecule has 7 heteroatoms. The third kappa shape index (κ3) is 3.71.